The van der Waals surface area contributed by atoms with Gasteiger partial charge in [0.25, 0.3) is 0 Å². The van der Waals surface area contributed by atoms with Crippen LogP contribution >= 0.6 is 0 Å². The van der Waals surface area contributed by atoms with E-state index in [-0.39, 0.29) is 44.1 Å². The molecule has 4 atom stereocenters. The van der Waals surface area contributed by atoms with Crippen LogP contribution in [-0.4, -0.2) is 70.5 Å². The highest BCUT2D eigenvalue weighted by Gasteiger charge is 2.31. The summed E-state index contributed by atoms with van der Waals surface area (Å²) in [6.07, 6.45) is 2.78. The largest absolute Gasteiger partial charge is 0.480 e. The van der Waals surface area contributed by atoms with Gasteiger partial charge in [-0.1, -0.05) is 62.4 Å². The van der Waals surface area contributed by atoms with Crippen molar-refractivity contribution in [3.63, 3.8) is 0 Å². The first-order valence-corrected chi connectivity index (χ1v) is 15.0. The summed E-state index contributed by atoms with van der Waals surface area (Å²) in [5, 5.41) is 18.7. The summed E-state index contributed by atoms with van der Waals surface area (Å²) in [6, 6.07) is 12.4. The minimum absolute atomic E-state index is 0.00189. The fourth-order valence-electron chi connectivity index (χ4n) is 4.98. The zero-order valence-corrected chi connectivity index (χ0v) is 25.7. The number of amides is 3. The van der Waals surface area contributed by atoms with Crippen molar-refractivity contribution >= 4 is 40.6 Å². The molecular formula is C32H44N8O5. The van der Waals surface area contributed by atoms with Crippen molar-refractivity contribution in [3.05, 3.63) is 71.9 Å². The van der Waals surface area contributed by atoms with Crippen molar-refractivity contribution in [1.82, 2.24) is 20.9 Å². The van der Waals surface area contributed by atoms with Crippen LogP contribution in [0.4, 0.5) is 0 Å². The molecule has 0 spiro atoms. The number of carboxylic acid groups (broad SMARTS) is 1. The monoisotopic (exact) mass is 620 g/mol. The van der Waals surface area contributed by atoms with Crippen LogP contribution in [0.2, 0.25) is 0 Å². The van der Waals surface area contributed by atoms with Gasteiger partial charge in [-0.25, -0.2) is 4.79 Å². The van der Waals surface area contributed by atoms with Crippen molar-refractivity contribution < 1.29 is 24.3 Å². The maximum absolute atomic E-state index is 13.7. The first-order valence-electron chi connectivity index (χ1n) is 15.0. The zero-order valence-electron chi connectivity index (χ0n) is 25.7. The maximum Gasteiger partial charge on any atom is 0.326 e. The molecule has 242 valence electrons. The van der Waals surface area contributed by atoms with E-state index in [1.54, 1.807) is 6.20 Å². The van der Waals surface area contributed by atoms with Crippen LogP contribution in [0.1, 0.15) is 44.2 Å². The van der Waals surface area contributed by atoms with Gasteiger partial charge in [0.2, 0.25) is 17.7 Å². The molecule has 1 aromatic heterocycles. The average Bonchev–Trinajstić information content (AvgIpc) is 3.40. The molecule has 11 N–H and O–H groups in total. The highest BCUT2D eigenvalue weighted by molar-refractivity contribution is 5.95. The molecule has 45 heavy (non-hydrogen) atoms. The second-order valence-corrected chi connectivity index (χ2v) is 11.5. The molecule has 3 amide bonds. The molecule has 0 fully saturated rings. The molecule has 2 aromatic carbocycles. The molecule has 13 heteroatoms. The predicted octanol–water partition coefficient (Wildman–Crippen LogP) is 0.919. The molecular weight excluding hydrogens is 576 g/mol. The second-order valence-electron chi connectivity index (χ2n) is 11.5. The van der Waals surface area contributed by atoms with Gasteiger partial charge in [-0.2, -0.15) is 0 Å². The van der Waals surface area contributed by atoms with E-state index < -0.39 is 47.9 Å². The number of benzene rings is 2. The van der Waals surface area contributed by atoms with Crippen LogP contribution in [0.15, 0.2) is 65.8 Å². The van der Waals surface area contributed by atoms with Crippen LogP contribution in [0.5, 0.6) is 0 Å². The Labute approximate surface area is 262 Å². The number of para-hydroxylation sites is 1. The average molecular weight is 621 g/mol. The summed E-state index contributed by atoms with van der Waals surface area (Å²) in [7, 11) is 0. The number of aliphatic carboxylic acids is 1. The van der Waals surface area contributed by atoms with E-state index in [1.165, 1.54) is 0 Å². The molecule has 0 bridgehead atoms. The molecule has 1 heterocycles. The van der Waals surface area contributed by atoms with E-state index in [2.05, 4.69) is 25.9 Å². The third kappa shape index (κ3) is 10.9. The number of carbonyl (C=O) groups excluding carboxylic acids is 3. The Kier molecular flexibility index (Phi) is 12.9. The van der Waals surface area contributed by atoms with Crippen molar-refractivity contribution in [2.45, 2.75) is 70.1 Å². The summed E-state index contributed by atoms with van der Waals surface area (Å²) in [5.41, 5.74) is 19.5. The summed E-state index contributed by atoms with van der Waals surface area (Å²) in [6.45, 7) is 3.92. The summed E-state index contributed by atoms with van der Waals surface area (Å²) in [5.74, 6) is -3.11. The number of guanidine groups is 1. The number of fused-ring (bicyclic) bond motifs is 1. The van der Waals surface area contributed by atoms with Gasteiger partial charge in [-0.05, 0) is 48.8 Å². The summed E-state index contributed by atoms with van der Waals surface area (Å²) in [4.78, 5) is 59.5. The van der Waals surface area contributed by atoms with Crippen molar-refractivity contribution in [2.75, 3.05) is 6.54 Å². The lowest BCUT2D eigenvalue weighted by Crippen LogP contribution is -2.57. The van der Waals surface area contributed by atoms with E-state index >= 15 is 0 Å². The molecule has 3 rings (SSSR count). The highest BCUT2D eigenvalue weighted by Crippen LogP contribution is 2.19. The molecule has 0 aliphatic heterocycles. The summed E-state index contributed by atoms with van der Waals surface area (Å²) < 4.78 is 0. The Hall–Kier alpha value is -4.91. The Morgan fingerprint density at radius 2 is 1.47 bits per heavy atom. The second kappa shape index (κ2) is 16.8. The Balaban J connectivity index is 1.84. The van der Waals surface area contributed by atoms with Crippen LogP contribution in [-0.2, 0) is 32.0 Å². The smallest absolute Gasteiger partial charge is 0.326 e. The Bertz CT molecular complexity index is 1470. The minimum atomic E-state index is -1.17. The molecule has 13 nitrogen and oxygen atoms in total. The number of rotatable bonds is 17. The topological polar surface area (TPSA) is 231 Å². The molecule has 0 radical (unpaired) electrons. The van der Waals surface area contributed by atoms with Crippen molar-refractivity contribution in [2.24, 2.45) is 28.1 Å². The van der Waals surface area contributed by atoms with Crippen LogP contribution in [0, 0.1) is 5.92 Å². The van der Waals surface area contributed by atoms with Gasteiger partial charge in [0.1, 0.15) is 18.1 Å². The first kappa shape index (κ1) is 34.6. The lowest BCUT2D eigenvalue weighted by Gasteiger charge is -2.25. The summed E-state index contributed by atoms with van der Waals surface area (Å²) >= 11 is 0. The van der Waals surface area contributed by atoms with Gasteiger partial charge < -0.3 is 43.2 Å². The van der Waals surface area contributed by atoms with Gasteiger partial charge in [0.05, 0.1) is 6.04 Å². The fourth-order valence-corrected chi connectivity index (χ4v) is 4.98. The number of nitrogens with zero attached hydrogens (tertiary/aromatic N) is 1. The van der Waals surface area contributed by atoms with Crippen molar-refractivity contribution in [1.29, 1.82) is 0 Å². The fraction of sp³-hybridized carbons (Fsp3) is 0.406. The molecule has 0 saturated heterocycles. The Morgan fingerprint density at radius 1 is 0.844 bits per heavy atom. The zero-order chi connectivity index (χ0) is 32.9. The predicted molar refractivity (Wildman–Crippen MR) is 173 cm³/mol. The van der Waals surface area contributed by atoms with Crippen LogP contribution in [0.25, 0.3) is 10.9 Å². The van der Waals surface area contributed by atoms with E-state index in [0.717, 1.165) is 22.0 Å². The molecule has 0 aliphatic rings. The number of nitrogens with two attached hydrogens (primary N) is 3. The van der Waals surface area contributed by atoms with E-state index in [0.29, 0.717) is 6.42 Å². The number of hydrogen-bond acceptors (Lipinski definition) is 6. The number of carbonyl (C=O) groups is 4. The van der Waals surface area contributed by atoms with Gasteiger partial charge in [-0.3, -0.25) is 19.4 Å². The van der Waals surface area contributed by atoms with Gasteiger partial charge in [-0.15, -0.1) is 0 Å². The SMILES string of the molecule is CC(C)CC(NC(=O)C(Cc1c[nH]c2ccccc12)NC(=O)C(CCCN=C(N)N)NC(=O)C(N)Cc1ccccc1)C(=O)O. The third-order valence-corrected chi connectivity index (χ3v) is 7.27. The van der Waals surface area contributed by atoms with Crippen LogP contribution < -0.4 is 33.2 Å². The quantitative estimate of drug-likeness (QED) is 0.0613. The Morgan fingerprint density at radius 3 is 2.13 bits per heavy atom. The molecule has 3 aromatic rings. The van der Waals surface area contributed by atoms with E-state index in [1.807, 2.05) is 68.4 Å². The molecule has 4 unspecified atom stereocenters. The number of aromatic amines is 1. The van der Waals surface area contributed by atoms with Gasteiger partial charge in [0, 0.05) is 30.1 Å². The number of aromatic nitrogens is 1. The lowest BCUT2D eigenvalue weighted by molar-refractivity contribution is -0.142. The number of carboxylic acids is 1. The van der Waals surface area contributed by atoms with Gasteiger partial charge in [0.15, 0.2) is 5.96 Å². The normalized spacial score (nSPS) is 13.8. The first-order chi connectivity index (χ1) is 21.4. The number of hydrogen-bond donors (Lipinski definition) is 8. The molecule has 0 aliphatic carbocycles. The minimum Gasteiger partial charge on any atom is -0.480 e. The van der Waals surface area contributed by atoms with E-state index in [4.69, 9.17) is 17.2 Å². The molecule has 0 saturated carbocycles. The van der Waals surface area contributed by atoms with Gasteiger partial charge >= 0.3 is 5.97 Å². The maximum atomic E-state index is 13.7. The lowest BCUT2D eigenvalue weighted by atomic mass is 10.0. The van der Waals surface area contributed by atoms with E-state index in [9.17, 15) is 24.3 Å². The number of aliphatic imine (C=N–C) groups is 1. The van der Waals surface area contributed by atoms with Crippen LogP contribution in [0.3, 0.4) is 0 Å². The third-order valence-electron chi connectivity index (χ3n) is 7.27. The van der Waals surface area contributed by atoms with Crippen molar-refractivity contribution in [3.8, 4) is 0 Å². The number of H-pyrrole nitrogens is 1. The standard InChI is InChI=1S/C32H44N8O5/c1-19(2)15-27(31(44)45)40-30(43)26(17-21-18-37-24-12-7-6-11-22(21)24)39-29(42)25(13-8-14-36-32(34)35)38-28(41)23(33)16-20-9-4-3-5-10-20/h3-7,9-12,18-19,23,25-27,37H,8,13-17,33H2,1-2H3,(H,38,41)(H,39,42)(H,40,43)(H,44,45)(H4,34,35,36). The number of nitrogens with one attached hydrogen (secondary N) is 4. The highest BCUT2D eigenvalue weighted by atomic mass is 16.4.